The SMILES string of the molecule is O=S(O)N1CC2(CCCN(c3cc(-c4cnc5ccc(C(F)F)nn45)ncn3)C2)C1. The van der Waals surface area contributed by atoms with Crippen LogP contribution < -0.4 is 4.90 Å². The van der Waals surface area contributed by atoms with Crippen LogP contribution in [0.25, 0.3) is 17.0 Å². The summed E-state index contributed by atoms with van der Waals surface area (Å²) in [5.74, 6) is 0.725. The van der Waals surface area contributed by atoms with Gasteiger partial charge in [-0.2, -0.15) is 9.40 Å². The molecule has 0 amide bonds. The lowest BCUT2D eigenvalue weighted by Crippen LogP contribution is -2.63. The van der Waals surface area contributed by atoms with Crippen molar-refractivity contribution in [2.75, 3.05) is 31.1 Å². The Morgan fingerprint density at radius 2 is 2.00 bits per heavy atom. The van der Waals surface area contributed by atoms with Gasteiger partial charge < -0.3 is 4.90 Å². The molecule has 30 heavy (non-hydrogen) atoms. The number of piperidine rings is 1. The highest BCUT2D eigenvalue weighted by Crippen LogP contribution is 2.40. The summed E-state index contributed by atoms with van der Waals surface area (Å²) < 4.78 is 49.5. The second-order valence-electron chi connectivity index (χ2n) is 7.79. The van der Waals surface area contributed by atoms with Gasteiger partial charge in [-0.15, -0.1) is 0 Å². The van der Waals surface area contributed by atoms with E-state index in [4.69, 9.17) is 0 Å². The zero-order valence-corrected chi connectivity index (χ0v) is 16.7. The Labute approximate surface area is 173 Å². The Balaban J connectivity index is 1.43. The van der Waals surface area contributed by atoms with Crippen molar-refractivity contribution in [3.63, 3.8) is 0 Å². The van der Waals surface area contributed by atoms with Crippen molar-refractivity contribution in [3.05, 3.63) is 36.4 Å². The number of anilines is 1. The van der Waals surface area contributed by atoms with E-state index in [9.17, 15) is 17.5 Å². The molecule has 158 valence electrons. The number of halogens is 2. The normalized spacial score (nSPS) is 20.1. The molecule has 9 nitrogen and oxygen atoms in total. The summed E-state index contributed by atoms with van der Waals surface area (Å²) in [5, 5.41) is 4.00. The van der Waals surface area contributed by atoms with Crippen molar-refractivity contribution in [1.82, 2.24) is 28.9 Å². The van der Waals surface area contributed by atoms with Crippen LogP contribution in [0.5, 0.6) is 0 Å². The van der Waals surface area contributed by atoms with Crippen molar-refractivity contribution in [2.45, 2.75) is 19.3 Å². The van der Waals surface area contributed by atoms with Gasteiger partial charge in [-0.1, -0.05) is 0 Å². The van der Waals surface area contributed by atoms with E-state index in [1.54, 1.807) is 16.6 Å². The summed E-state index contributed by atoms with van der Waals surface area (Å²) in [6, 6.07) is 4.57. The first-order valence-corrected chi connectivity index (χ1v) is 10.6. The van der Waals surface area contributed by atoms with Crippen LogP contribution in [0.15, 0.2) is 30.7 Å². The third kappa shape index (κ3) is 3.34. The van der Waals surface area contributed by atoms with Gasteiger partial charge in [-0.25, -0.2) is 32.5 Å². The van der Waals surface area contributed by atoms with E-state index in [-0.39, 0.29) is 11.1 Å². The van der Waals surface area contributed by atoms with Gasteiger partial charge >= 0.3 is 0 Å². The van der Waals surface area contributed by atoms with Gasteiger partial charge in [0, 0.05) is 37.7 Å². The largest absolute Gasteiger partial charge is 0.356 e. The Morgan fingerprint density at radius 1 is 1.17 bits per heavy atom. The molecular formula is C18H19F2N7O2S. The number of imidazole rings is 1. The fourth-order valence-electron chi connectivity index (χ4n) is 4.31. The van der Waals surface area contributed by atoms with E-state index in [2.05, 4.69) is 25.0 Å². The molecule has 2 fully saturated rings. The number of alkyl halides is 2. The van der Waals surface area contributed by atoms with Gasteiger partial charge in [-0.3, -0.25) is 4.55 Å². The monoisotopic (exact) mass is 435 g/mol. The smallest absolute Gasteiger partial charge is 0.282 e. The molecule has 3 aromatic heterocycles. The molecule has 5 rings (SSSR count). The highest BCUT2D eigenvalue weighted by atomic mass is 32.2. The van der Waals surface area contributed by atoms with Crippen molar-refractivity contribution in [1.29, 1.82) is 0 Å². The summed E-state index contributed by atoms with van der Waals surface area (Å²) in [4.78, 5) is 15.1. The molecule has 2 saturated heterocycles. The van der Waals surface area contributed by atoms with Gasteiger partial charge in [0.1, 0.15) is 23.5 Å². The third-order valence-corrected chi connectivity index (χ3v) is 6.45. The highest BCUT2D eigenvalue weighted by molar-refractivity contribution is 7.76. The van der Waals surface area contributed by atoms with Crippen molar-refractivity contribution in [2.24, 2.45) is 5.41 Å². The van der Waals surface area contributed by atoms with Gasteiger partial charge in [0.15, 0.2) is 5.65 Å². The average Bonchev–Trinajstić information content (AvgIpc) is 3.15. The Hall–Kier alpha value is -2.57. The number of hydrogen-bond donors (Lipinski definition) is 1. The second-order valence-corrected chi connectivity index (χ2v) is 8.77. The quantitative estimate of drug-likeness (QED) is 0.627. The topological polar surface area (TPSA) is 99.8 Å². The standard InChI is InChI=1S/C18H19F2N7O2S/c19-17(20)12-2-3-15-21-7-14(27(15)24-12)13-6-16(23-11-22-13)25-5-1-4-18(8-25)9-26(10-18)30(28)29/h2-3,6-7,11,17H,1,4-5,8-10H2,(H,28,29). The highest BCUT2D eigenvalue weighted by Gasteiger charge is 2.47. The predicted molar refractivity (Wildman–Crippen MR) is 105 cm³/mol. The summed E-state index contributed by atoms with van der Waals surface area (Å²) >= 11 is -1.93. The molecule has 2 aliphatic rings. The molecular weight excluding hydrogens is 416 g/mol. The fourth-order valence-corrected chi connectivity index (χ4v) is 5.08. The van der Waals surface area contributed by atoms with Gasteiger partial charge in [0.05, 0.1) is 11.9 Å². The molecule has 5 heterocycles. The van der Waals surface area contributed by atoms with E-state index in [1.165, 1.54) is 23.0 Å². The molecule has 3 aromatic rings. The molecule has 1 N–H and O–H groups in total. The molecule has 1 spiro atoms. The molecule has 1 unspecified atom stereocenters. The van der Waals surface area contributed by atoms with Gasteiger partial charge in [0.2, 0.25) is 11.3 Å². The first-order valence-electron chi connectivity index (χ1n) is 9.50. The summed E-state index contributed by atoms with van der Waals surface area (Å²) in [6.45, 7) is 2.72. The number of fused-ring (bicyclic) bond motifs is 1. The van der Waals surface area contributed by atoms with E-state index in [1.807, 2.05) is 0 Å². The Kier molecular flexibility index (Phi) is 4.71. The Bertz CT molecular complexity index is 1120. The molecule has 0 radical (unpaired) electrons. The van der Waals surface area contributed by atoms with Crippen LogP contribution in [0, 0.1) is 5.41 Å². The number of rotatable bonds is 4. The lowest BCUT2D eigenvalue weighted by molar-refractivity contribution is 0.0523. The minimum Gasteiger partial charge on any atom is -0.356 e. The lowest BCUT2D eigenvalue weighted by Gasteiger charge is -2.53. The van der Waals surface area contributed by atoms with Gasteiger partial charge in [0.25, 0.3) is 6.43 Å². The summed E-state index contributed by atoms with van der Waals surface area (Å²) in [5.41, 5.74) is 1.16. The second kappa shape index (κ2) is 7.29. The molecule has 0 bridgehead atoms. The minimum absolute atomic E-state index is 0.0151. The van der Waals surface area contributed by atoms with Crippen LogP contribution in [-0.4, -0.2) is 63.8 Å². The first kappa shape index (κ1) is 19.4. The van der Waals surface area contributed by atoms with E-state index < -0.39 is 17.7 Å². The van der Waals surface area contributed by atoms with Crippen LogP contribution in [0.3, 0.4) is 0 Å². The molecule has 0 aromatic carbocycles. The van der Waals surface area contributed by atoms with E-state index >= 15 is 0 Å². The summed E-state index contributed by atoms with van der Waals surface area (Å²) in [6.07, 6.45) is 2.29. The van der Waals surface area contributed by atoms with Crippen LogP contribution in [-0.2, 0) is 11.3 Å². The molecule has 1 atom stereocenters. The third-order valence-electron chi connectivity index (χ3n) is 5.75. The van der Waals surface area contributed by atoms with E-state index in [0.29, 0.717) is 30.1 Å². The maximum atomic E-state index is 13.1. The van der Waals surface area contributed by atoms with Crippen molar-refractivity contribution < 1.29 is 17.5 Å². The predicted octanol–water partition coefficient (Wildman–Crippen LogP) is 2.16. The molecule has 2 aliphatic heterocycles. The summed E-state index contributed by atoms with van der Waals surface area (Å²) in [7, 11) is 0. The van der Waals surface area contributed by atoms with Crippen LogP contribution in [0.2, 0.25) is 0 Å². The zero-order valence-electron chi connectivity index (χ0n) is 15.9. The van der Waals surface area contributed by atoms with Crippen LogP contribution in [0.4, 0.5) is 14.6 Å². The van der Waals surface area contributed by atoms with Crippen LogP contribution >= 0.6 is 0 Å². The maximum Gasteiger partial charge on any atom is 0.282 e. The average molecular weight is 435 g/mol. The lowest BCUT2D eigenvalue weighted by atomic mass is 9.75. The van der Waals surface area contributed by atoms with Crippen molar-refractivity contribution in [3.8, 4) is 11.4 Å². The Morgan fingerprint density at radius 3 is 2.77 bits per heavy atom. The number of nitrogens with zero attached hydrogens (tertiary/aromatic N) is 7. The minimum atomic E-state index is -2.68. The van der Waals surface area contributed by atoms with Crippen molar-refractivity contribution >= 4 is 22.7 Å². The van der Waals surface area contributed by atoms with Gasteiger partial charge in [-0.05, 0) is 25.0 Å². The van der Waals surface area contributed by atoms with Crippen LogP contribution in [0.1, 0.15) is 25.0 Å². The van der Waals surface area contributed by atoms with E-state index in [0.717, 1.165) is 31.7 Å². The first-order chi connectivity index (χ1) is 14.4. The number of aromatic nitrogens is 5. The zero-order chi connectivity index (χ0) is 20.9. The number of hydrogen-bond acceptors (Lipinski definition) is 6. The fraction of sp³-hybridized carbons (Fsp3) is 0.444. The molecule has 0 aliphatic carbocycles. The molecule has 0 saturated carbocycles. The maximum absolute atomic E-state index is 13.1. The molecule has 12 heteroatoms.